The van der Waals surface area contributed by atoms with Crippen LogP contribution in [0.5, 0.6) is 5.75 Å². The summed E-state index contributed by atoms with van der Waals surface area (Å²) >= 11 is 0. The highest BCUT2D eigenvalue weighted by Gasteiger charge is 2.13. The summed E-state index contributed by atoms with van der Waals surface area (Å²) in [5.74, 6) is 0.415. The van der Waals surface area contributed by atoms with Crippen LogP contribution in [-0.4, -0.2) is 25.8 Å². The maximum absolute atomic E-state index is 12.0. The van der Waals surface area contributed by atoms with Gasteiger partial charge in [0.25, 0.3) is 0 Å². The van der Waals surface area contributed by atoms with Crippen LogP contribution in [-0.2, 0) is 16.1 Å². The minimum Gasteiger partial charge on any atom is -0.497 e. The molecule has 0 aliphatic heterocycles. The molecular weight excluding hydrogens is 292 g/mol. The third kappa shape index (κ3) is 5.27. The first-order chi connectivity index (χ1) is 11.2. The van der Waals surface area contributed by atoms with Crippen LogP contribution in [0.3, 0.4) is 0 Å². The van der Waals surface area contributed by atoms with E-state index in [-0.39, 0.29) is 12.6 Å². The summed E-state index contributed by atoms with van der Waals surface area (Å²) in [6.45, 7) is 4.37. The summed E-state index contributed by atoms with van der Waals surface area (Å²) in [4.78, 5) is 12.0. The van der Waals surface area contributed by atoms with Crippen LogP contribution in [0.1, 0.15) is 15.9 Å². The Balaban J connectivity index is 1.80. The van der Waals surface area contributed by atoms with Crippen LogP contribution in [0.25, 0.3) is 0 Å². The number of carbonyl (C=O) groups is 1. The van der Waals surface area contributed by atoms with Crippen LogP contribution in [0, 0.1) is 0 Å². The van der Waals surface area contributed by atoms with Crippen molar-refractivity contribution >= 4 is 5.97 Å². The van der Waals surface area contributed by atoms with Crippen molar-refractivity contribution in [2.45, 2.75) is 12.7 Å². The third-order valence-corrected chi connectivity index (χ3v) is 3.24. The van der Waals surface area contributed by atoms with Gasteiger partial charge in [0.15, 0.2) is 0 Å². The molecule has 0 saturated carbocycles. The maximum atomic E-state index is 12.0. The van der Waals surface area contributed by atoms with Crippen LogP contribution >= 0.6 is 0 Å². The zero-order valence-corrected chi connectivity index (χ0v) is 13.1. The number of carbonyl (C=O) groups excluding carboxylic acids is 1. The number of rotatable bonds is 8. The van der Waals surface area contributed by atoms with Gasteiger partial charge in [0.2, 0.25) is 0 Å². The highest BCUT2D eigenvalue weighted by Crippen LogP contribution is 2.12. The average Bonchev–Trinajstić information content (AvgIpc) is 2.62. The minimum absolute atomic E-state index is 0.258. The van der Waals surface area contributed by atoms with Crippen LogP contribution < -0.4 is 4.74 Å². The van der Waals surface area contributed by atoms with Gasteiger partial charge in [-0.05, 0) is 35.9 Å². The second kappa shape index (κ2) is 8.76. The molecule has 23 heavy (non-hydrogen) atoms. The molecule has 120 valence electrons. The summed E-state index contributed by atoms with van der Waals surface area (Å²) in [7, 11) is 1.63. The molecular formula is C19H20O4. The molecule has 0 radical (unpaired) electrons. The molecule has 2 aromatic rings. The van der Waals surface area contributed by atoms with Crippen molar-refractivity contribution in [2.75, 3.05) is 13.7 Å². The molecule has 0 fully saturated rings. The number of methoxy groups -OCH3 is 1. The Hall–Kier alpha value is -2.59. The summed E-state index contributed by atoms with van der Waals surface area (Å²) in [5.41, 5.74) is 1.53. The first-order valence-electron chi connectivity index (χ1n) is 7.32. The first kappa shape index (κ1) is 16.8. The molecule has 0 unspecified atom stereocenters. The standard InChI is InChI=1S/C19H20O4/c1-3-17(23-19(20)16-7-5-4-6-8-16)14-22-13-15-9-11-18(21-2)12-10-15/h3-12,17H,1,13-14H2,2H3/t17-/m0/s1. The molecule has 1 atom stereocenters. The summed E-state index contributed by atoms with van der Waals surface area (Å²) in [6.07, 6.45) is 1.08. The highest BCUT2D eigenvalue weighted by atomic mass is 16.6. The molecule has 0 aromatic heterocycles. The quantitative estimate of drug-likeness (QED) is 0.551. The van der Waals surface area contributed by atoms with Gasteiger partial charge in [-0.15, -0.1) is 0 Å². The van der Waals surface area contributed by atoms with Crippen molar-refractivity contribution in [3.8, 4) is 5.75 Å². The molecule has 0 N–H and O–H groups in total. The monoisotopic (exact) mass is 312 g/mol. The van der Waals surface area contributed by atoms with Crippen molar-refractivity contribution in [1.29, 1.82) is 0 Å². The predicted octanol–water partition coefficient (Wildman–Crippen LogP) is 3.62. The van der Waals surface area contributed by atoms with Crippen molar-refractivity contribution in [2.24, 2.45) is 0 Å². The molecule has 0 heterocycles. The number of benzene rings is 2. The molecule has 2 rings (SSSR count). The molecule has 0 saturated heterocycles. The van der Waals surface area contributed by atoms with Crippen molar-refractivity contribution in [1.82, 2.24) is 0 Å². The summed E-state index contributed by atoms with van der Waals surface area (Å²) < 4.78 is 16.1. The molecule has 0 amide bonds. The smallest absolute Gasteiger partial charge is 0.338 e. The van der Waals surface area contributed by atoms with E-state index in [9.17, 15) is 4.79 Å². The summed E-state index contributed by atoms with van der Waals surface area (Å²) in [5, 5.41) is 0. The fraction of sp³-hybridized carbons (Fsp3) is 0.211. The molecule has 0 aliphatic carbocycles. The van der Waals surface area contributed by atoms with Crippen LogP contribution in [0.15, 0.2) is 67.3 Å². The number of hydrogen-bond donors (Lipinski definition) is 0. The van der Waals surface area contributed by atoms with Crippen molar-refractivity contribution in [3.63, 3.8) is 0 Å². The Morgan fingerprint density at radius 1 is 1.13 bits per heavy atom. The van der Waals surface area contributed by atoms with E-state index in [0.717, 1.165) is 11.3 Å². The molecule has 0 spiro atoms. The number of hydrogen-bond acceptors (Lipinski definition) is 4. The lowest BCUT2D eigenvalue weighted by Gasteiger charge is -2.14. The van der Waals surface area contributed by atoms with E-state index in [2.05, 4.69) is 6.58 Å². The van der Waals surface area contributed by atoms with E-state index in [4.69, 9.17) is 14.2 Å². The van der Waals surface area contributed by atoms with Gasteiger partial charge in [0.1, 0.15) is 11.9 Å². The molecule has 4 nitrogen and oxygen atoms in total. The van der Waals surface area contributed by atoms with Crippen LogP contribution in [0.4, 0.5) is 0 Å². The second-order valence-electron chi connectivity index (χ2n) is 4.91. The largest absolute Gasteiger partial charge is 0.497 e. The second-order valence-corrected chi connectivity index (χ2v) is 4.91. The van der Waals surface area contributed by atoms with Gasteiger partial charge < -0.3 is 14.2 Å². The zero-order chi connectivity index (χ0) is 16.5. The Morgan fingerprint density at radius 2 is 1.83 bits per heavy atom. The Labute approximate surface area is 136 Å². The van der Waals surface area contributed by atoms with E-state index >= 15 is 0 Å². The lowest BCUT2D eigenvalue weighted by molar-refractivity contribution is 0.00748. The van der Waals surface area contributed by atoms with E-state index in [1.54, 1.807) is 37.5 Å². The number of ether oxygens (including phenoxy) is 3. The first-order valence-corrected chi connectivity index (χ1v) is 7.32. The lowest BCUT2D eigenvalue weighted by Crippen LogP contribution is -2.21. The average molecular weight is 312 g/mol. The van der Waals surface area contributed by atoms with Gasteiger partial charge in [0, 0.05) is 0 Å². The van der Waals surface area contributed by atoms with Gasteiger partial charge in [-0.25, -0.2) is 4.79 Å². The Bertz CT molecular complexity index is 620. The topological polar surface area (TPSA) is 44.8 Å². The normalized spacial score (nSPS) is 11.5. The minimum atomic E-state index is -0.485. The van der Waals surface area contributed by atoms with Gasteiger partial charge in [-0.3, -0.25) is 0 Å². The zero-order valence-electron chi connectivity index (χ0n) is 13.1. The molecule has 0 aliphatic rings. The highest BCUT2D eigenvalue weighted by molar-refractivity contribution is 5.89. The van der Waals surface area contributed by atoms with E-state index < -0.39 is 6.10 Å². The van der Waals surface area contributed by atoms with Crippen LogP contribution in [0.2, 0.25) is 0 Å². The molecule has 0 bridgehead atoms. The predicted molar refractivity (Wildman–Crippen MR) is 88.5 cm³/mol. The van der Waals surface area contributed by atoms with Crippen molar-refractivity contribution < 1.29 is 19.0 Å². The molecule has 4 heteroatoms. The Kier molecular flexibility index (Phi) is 6.39. The van der Waals surface area contributed by atoms with E-state index in [1.165, 1.54) is 0 Å². The third-order valence-electron chi connectivity index (χ3n) is 3.24. The number of esters is 1. The fourth-order valence-electron chi connectivity index (χ4n) is 1.94. The van der Waals surface area contributed by atoms with E-state index in [0.29, 0.717) is 12.2 Å². The van der Waals surface area contributed by atoms with Gasteiger partial charge in [-0.2, -0.15) is 0 Å². The van der Waals surface area contributed by atoms with Crippen molar-refractivity contribution in [3.05, 3.63) is 78.4 Å². The summed E-state index contributed by atoms with van der Waals surface area (Å²) in [6, 6.07) is 16.5. The van der Waals surface area contributed by atoms with E-state index in [1.807, 2.05) is 30.3 Å². The fourth-order valence-corrected chi connectivity index (χ4v) is 1.94. The lowest BCUT2D eigenvalue weighted by atomic mass is 10.2. The maximum Gasteiger partial charge on any atom is 0.338 e. The van der Waals surface area contributed by atoms with Gasteiger partial charge >= 0.3 is 5.97 Å². The Morgan fingerprint density at radius 3 is 2.43 bits per heavy atom. The SMILES string of the molecule is C=C[C@@H](COCc1ccc(OC)cc1)OC(=O)c1ccccc1. The van der Waals surface area contributed by atoms with Gasteiger partial charge in [-0.1, -0.05) is 36.9 Å². The van der Waals surface area contributed by atoms with Gasteiger partial charge in [0.05, 0.1) is 25.9 Å². The molecule has 2 aromatic carbocycles.